The van der Waals surface area contributed by atoms with Gasteiger partial charge >= 0.3 is 5.97 Å². The Morgan fingerprint density at radius 3 is 2.68 bits per heavy atom. The summed E-state index contributed by atoms with van der Waals surface area (Å²) in [5, 5.41) is 12.0. The van der Waals surface area contributed by atoms with Crippen LogP contribution in [0, 0.1) is 17.1 Å². The van der Waals surface area contributed by atoms with Crippen molar-refractivity contribution in [1.82, 2.24) is 0 Å². The summed E-state index contributed by atoms with van der Waals surface area (Å²) < 4.78 is 37.4. The molecule has 1 saturated heterocycles. The fraction of sp³-hybridized carbons (Fsp3) is 0.391. The summed E-state index contributed by atoms with van der Waals surface area (Å²) in [6.07, 6.45) is 0.380. The van der Waals surface area contributed by atoms with Crippen molar-refractivity contribution in [3.8, 4) is 17.6 Å². The number of nitrogens with zero attached hydrogens (tertiary/aromatic N) is 1. The topological polar surface area (TPSA) is 89.8 Å². The van der Waals surface area contributed by atoms with E-state index in [2.05, 4.69) is 5.32 Å². The number of halogens is 1. The van der Waals surface area contributed by atoms with E-state index in [1.54, 1.807) is 31.2 Å². The Labute approximate surface area is 180 Å². The summed E-state index contributed by atoms with van der Waals surface area (Å²) in [5.74, 6) is -0.944. The zero-order valence-corrected chi connectivity index (χ0v) is 17.5. The molecule has 31 heavy (non-hydrogen) atoms. The third-order valence-electron chi connectivity index (χ3n) is 4.69. The van der Waals surface area contributed by atoms with Gasteiger partial charge in [-0.2, -0.15) is 5.26 Å². The molecule has 3 rings (SSSR count). The van der Waals surface area contributed by atoms with E-state index in [4.69, 9.17) is 24.2 Å². The molecule has 2 aromatic rings. The van der Waals surface area contributed by atoms with Crippen LogP contribution in [0.4, 0.5) is 10.1 Å². The fourth-order valence-electron chi connectivity index (χ4n) is 3.22. The highest BCUT2D eigenvalue weighted by Crippen LogP contribution is 2.34. The molecule has 2 aromatic carbocycles. The molecule has 0 radical (unpaired) electrons. The van der Waals surface area contributed by atoms with Gasteiger partial charge in [-0.1, -0.05) is 0 Å². The van der Waals surface area contributed by atoms with E-state index in [9.17, 15) is 4.79 Å². The van der Waals surface area contributed by atoms with E-state index in [0.717, 1.165) is 0 Å². The van der Waals surface area contributed by atoms with Crippen LogP contribution in [0.25, 0.3) is 0 Å². The van der Waals surface area contributed by atoms with Gasteiger partial charge < -0.3 is 24.3 Å². The normalized spacial score (nSPS) is 16.3. The van der Waals surface area contributed by atoms with E-state index >= 15 is 4.39 Å². The molecule has 1 N–H and O–H groups in total. The van der Waals surface area contributed by atoms with E-state index in [1.165, 1.54) is 12.1 Å². The predicted octanol–water partition coefficient (Wildman–Crippen LogP) is 3.98. The van der Waals surface area contributed by atoms with Crippen molar-refractivity contribution in [2.45, 2.75) is 32.4 Å². The van der Waals surface area contributed by atoms with Crippen LogP contribution in [0.5, 0.6) is 11.5 Å². The van der Waals surface area contributed by atoms with Gasteiger partial charge in [0.1, 0.15) is 11.9 Å². The molecular weight excluding hydrogens is 403 g/mol. The lowest BCUT2D eigenvalue weighted by Gasteiger charge is -2.22. The van der Waals surface area contributed by atoms with Crippen molar-refractivity contribution in [2.75, 3.05) is 31.7 Å². The first-order valence-corrected chi connectivity index (χ1v) is 10.2. The molecule has 2 atom stereocenters. The first-order chi connectivity index (χ1) is 15.0. The van der Waals surface area contributed by atoms with Gasteiger partial charge in [0.25, 0.3) is 0 Å². The van der Waals surface area contributed by atoms with Gasteiger partial charge in [0, 0.05) is 23.7 Å². The highest BCUT2D eigenvalue weighted by molar-refractivity contribution is 5.81. The quantitative estimate of drug-likeness (QED) is 0.604. The first-order valence-electron chi connectivity index (χ1n) is 10.2. The second-order valence-electron chi connectivity index (χ2n) is 6.88. The number of hydrogen-bond donors (Lipinski definition) is 1. The second kappa shape index (κ2) is 10.6. The average molecular weight is 428 g/mol. The van der Waals surface area contributed by atoms with Crippen LogP contribution in [0.3, 0.4) is 0 Å². The number of rotatable bonds is 9. The summed E-state index contributed by atoms with van der Waals surface area (Å²) >= 11 is 0. The van der Waals surface area contributed by atoms with E-state index in [1.807, 2.05) is 13.0 Å². The van der Waals surface area contributed by atoms with Gasteiger partial charge in [0.15, 0.2) is 17.6 Å². The largest absolute Gasteiger partial charge is 0.494 e. The van der Waals surface area contributed by atoms with E-state index in [-0.39, 0.29) is 24.0 Å². The maximum atomic E-state index is 15.5. The van der Waals surface area contributed by atoms with Crippen LogP contribution in [0.1, 0.15) is 37.4 Å². The summed E-state index contributed by atoms with van der Waals surface area (Å²) in [7, 11) is 0. The monoisotopic (exact) mass is 428 g/mol. The second-order valence-corrected chi connectivity index (χ2v) is 6.88. The SMILES string of the molecule is CCOC(=O)C(Nc1ccc(C#N)cc1)c1cc(OCC)cc(O[C@H]2CCOC2)c1F. The van der Waals surface area contributed by atoms with Gasteiger partial charge in [-0.15, -0.1) is 0 Å². The summed E-state index contributed by atoms with van der Waals surface area (Å²) in [6, 6.07) is 10.3. The van der Waals surface area contributed by atoms with Crippen molar-refractivity contribution in [1.29, 1.82) is 5.26 Å². The lowest BCUT2D eigenvalue weighted by Crippen LogP contribution is -2.25. The number of ether oxygens (including phenoxy) is 4. The maximum Gasteiger partial charge on any atom is 0.333 e. The lowest BCUT2D eigenvalue weighted by molar-refractivity contribution is -0.144. The highest BCUT2D eigenvalue weighted by atomic mass is 19.1. The minimum atomic E-state index is -1.14. The third-order valence-corrected chi connectivity index (χ3v) is 4.69. The molecule has 0 aromatic heterocycles. The Balaban J connectivity index is 1.99. The first kappa shape index (κ1) is 22.4. The molecule has 0 spiro atoms. The van der Waals surface area contributed by atoms with Crippen LogP contribution < -0.4 is 14.8 Å². The van der Waals surface area contributed by atoms with Gasteiger partial charge in [-0.05, 0) is 44.2 Å². The van der Waals surface area contributed by atoms with Gasteiger partial charge in [0.05, 0.1) is 38.1 Å². The van der Waals surface area contributed by atoms with Crippen molar-refractivity contribution in [3.05, 3.63) is 53.3 Å². The number of nitrogens with one attached hydrogen (secondary N) is 1. The molecular formula is C23H25FN2O5. The molecule has 1 aliphatic rings. The van der Waals surface area contributed by atoms with Crippen molar-refractivity contribution < 1.29 is 28.1 Å². The number of nitriles is 1. The van der Waals surface area contributed by atoms with Crippen molar-refractivity contribution >= 4 is 11.7 Å². The maximum absolute atomic E-state index is 15.5. The standard InChI is InChI=1S/C23H25FN2O5/c1-3-29-18-11-19(21(24)20(12-18)31-17-9-10-28-14-17)22(23(27)30-4-2)26-16-7-5-15(13-25)6-8-16/h5-8,11-12,17,22,26H,3-4,9-10,14H2,1-2H3/t17-,22?/m0/s1. The molecule has 0 saturated carbocycles. The predicted molar refractivity (Wildman–Crippen MR) is 112 cm³/mol. The summed E-state index contributed by atoms with van der Waals surface area (Å²) in [4.78, 5) is 12.7. The Bertz CT molecular complexity index is 936. The summed E-state index contributed by atoms with van der Waals surface area (Å²) in [6.45, 7) is 4.92. The van der Waals surface area contributed by atoms with Crippen LogP contribution in [0.15, 0.2) is 36.4 Å². The molecule has 1 fully saturated rings. The average Bonchev–Trinajstić information content (AvgIpc) is 3.28. The Hall–Kier alpha value is -3.31. The Morgan fingerprint density at radius 2 is 2.06 bits per heavy atom. The number of esters is 1. The zero-order valence-electron chi connectivity index (χ0n) is 17.5. The molecule has 0 amide bonds. The van der Waals surface area contributed by atoms with Crippen LogP contribution in [0.2, 0.25) is 0 Å². The van der Waals surface area contributed by atoms with E-state index in [0.29, 0.717) is 43.2 Å². The minimum absolute atomic E-state index is 0.00706. The number of carbonyl (C=O) groups is 1. The number of hydrogen-bond acceptors (Lipinski definition) is 7. The van der Waals surface area contributed by atoms with E-state index < -0.39 is 17.8 Å². The number of benzene rings is 2. The lowest BCUT2D eigenvalue weighted by atomic mass is 10.0. The van der Waals surface area contributed by atoms with Crippen LogP contribution in [-0.4, -0.2) is 38.5 Å². The molecule has 164 valence electrons. The van der Waals surface area contributed by atoms with Crippen LogP contribution >= 0.6 is 0 Å². The molecule has 7 nitrogen and oxygen atoms in total. The molecule has 8 heteroatoms. The third kappa shape index (κ3) is 5.64. The number of carbonyl (C=O) groups excluding carboxylic acids is 1. The molecule has 0 bridgehead atoms. The van der Waals surface area contributed by atoms with Gasteiger partial charge in [0.2, 0.25) is 0 Å². The van der Waals surface area contributed by atoms with Crippen molar-refractivity contribution in [2.24, 2.45) is 0 Å². The minimum Gasteiger partial charge on any atom is -0.494 e. The van der Waals surface area contributed by atoms with Crippen molar-refractivity contribution in [3.63, 3.8) is 0 Å². The molecule has 1 aliphatic heterocycles. The Morgan fingerprint density at radius 1 is 1.29 bits per heavy atom. The smallest absolute Gasteiger partial charge is 0.333 e. The number of anilines is 1. The Kier molecular flexibility index (Phi) is 7.68. The molecule has 0 aliphatic carbocycles. The molecule has 1 heterocycles. The zero-order chi connectivity index (χ0) is 22.2. The highest BCUT2D eigenvalue weighted by Gasteiger charge is 2.29. The van der Waals surface area contributed by atoms with Gasteiger partial charge in [-0.25, -0.2) is 9.18 Å². The fourth-order valence-corrected chi connectivity index (χ4v) is 3.22. The molecule has 1 unspecified atom stereocenters. The summed E-state index contributed by atoms with van der Waals surface area (Å²) in [5.41, 5.74) is 1.05. The van der Waals surface area contributed by atoms with Gasteiger partial charge in [-0.3, -0.25) is 0 Å². The van der Waals surface area contributed by atoms with Crippen LogP contribution in [-0.2, 0) is 14.3 Å².